The molecule has 8 heteroatoms. The SMILES string of the molecule is CC(C)c1nc2n(n1)CC(Nc1cc(CO)ccc1[N+](=O)[O-])CC2. The lowest BCUT2D eigenvalue weighted by Crippen LogP contribution is -2.32. The molecule has 0 fully saturated rings. The first-order valence-electron chi connectivity index (χ1n) is 8.06. The third kappa shape index (κ3) is 3.23. The van der Waals surface area contributed by atoms with Crippen molar-refractivity contribution in [2.24, 2.45) is 0 Å². The lowest BCUT2D eigenvalue weighted by molar-refractivity contribution is -0.384. The molecule has 0 spiro atoms. The molecule has 1 unspecified atom stereocenters. The highest BCUT2D eigenvalue weighted by Crippen LogP contribution is 2.28. The van der Waals surface area contributed by atoms with Crippen molar-refractivity contribution < 1.29 is 10.0 Å². The van der Waals surface area contributed by atoms with Gasteiger partial charge in [-0.2, -0.15) is 5.10 Å². The minimum atomic E-state index is -0.413. The molecule has 0 aliphatic carbocycles. The number of nitro groups is 1. The summed E-state index contributed by atoms with van der Waals surface area (Å²) in [6.45, 7) is 4.58. The number of hydrogen-bond acceptors (Lipinski definition) is 6. The lowest BCUT2D eigenvalue weighted by Gasteiger charge is -2.24. The van der Waals surface area contributed by atoms with Crippen molar-refractivity contribution in [3.05, 3.63) is 45.5 Å². The van der Waals surface area contributed by atoms with Crippen LogP contribution in [-0.2, 0) is 19.6 Å². The first-order valence-corrected chi connectivity index (χ1v) is 8.06. The van der Waals surface area contributed by atoms with Crippen molar-refractivity contribution in [3.8, 4) is 0 Å². The summed E-state index contributed by atoms with van der Waals surface area (Å²) in [6.07, 6.45) is 1.61. The van der Waals surface area contributed by atoms with Gasteiger partial charge in [0.1, 0.15) is 11.5 Å². The van der Waals surface area contributed by atoms with Gasteiger partial charge in [0, 0.05) is 24.4 Å². The average molecular weight is 331 g/mol. The van der Waals surface area contributed by atoms with Crippen LogP contribution in [0.3, 0.4) is 0 Å². The fourth-order valence-electron chi connectivity index (χ4n) is 2.87. The molecule has 1 aliphatic heterocycles. The van der Waals surface area contributed by atoms with Crippen LogP contribution in [0, 0.1) is 10.1 Å². The van der Waals surface area contributed by atoms with Crippen LogP contribution in [-0.4, -0.2) is 30.8 Å². The Kier molecular flexibility index (Phi) is 4.48. The van der Waals surface area contributed by atoms with Crippen LogP contribution in [0.15, 0.2) is 18.2 Å². The van der Waals surface area contributed by atoms with Gasteiger partial charge in [-0.25, -0.2) is 9.67 Å². The Balaban J connectivity index is 1.80. The van der Waals surface area contributed by atoms with E-state index in [1.54, 1.807) is 12.1 Å². The summed E-state index contributed by atoms with van der Waals surface area (Å²) in [6, 6.07) is 4.66. The van der Waals surface area contributed by atoms with E-state index in [0.717, 1.165) is 24.5 Å². The monoisotopic (exact) mass is 331 g/mol. The first-order chi connectivity index (χ1) is 11.5. The molecule has 1 aromatic heterocycles. The number of anilines is 1. The molecule has 8 nitrogen and oxygen atoms in total. The highest BCUT2D eigenvalue weighted by Gasteiger charge is 2.24. The number of fused-ring (bicyclic) bond motifs is 1. The zero-order valence-electron chi connectivity index (χ0n) is 13.8. The molecule has 0 saturated carbocycles. The van der Waals surface area contributed by atoms with Crippen LogP contribution < -0.4 is 5.32 Å². The van der Waals surface area contributed by atoms with Gasteiger partial charge in [-0.15, -0.1) is 0 Å². The number of aryl methyl sites for hydroxylation is 1. The Bertz CT molecular complexity index is 756. The fourth-order valence-corrected chi connectivity index (χ4v) is 2.87. The van der Waals surface area contributed by atoms with Crippen molar-refractivity contribution >= 4 is 11.4 Å². The molecule has 0 amide bonds. The molecular formula is C16H21N5O3. The molecule has 0 saturated heterocycles. The quantitative estimate of drug-likeness (QED) is 0.643. The van der Waals surface area contributed by atoms with E-state index in [-0.39, 0.29) is 24.3 Å². The molecule has 3 rings (SSSR count). The van der Waals surface area contributed by atoms with Gasteiger partial charge in [0.25, 0.3) is 5.69 Å². The lowest BCUT2D eigenvalue weighted by atomic mass is 10.1. The third-order valence-electron chi connectivity index (χ3n) is 4.19. The van der Waals surface area contributed by atoms with Gasteiger partial charge in [-0.05, 0) is 24.1 Å². The second kappa shape index (κ2) is 6.56. The Hall–Kier alpha value is -2.48. The summed E-state index contributed by atoms with van der Waals surface area (Å²) in [4.78, 5) is 15.4. The molecule has 2 aromatic rings. The van der Waals surface area contributed by atoms with E-state index in [1.165, 1.54) is 6.07 Å². The van der Waals surface area contributed by atoms with Crippen LogP contribution in [0.5, 0.6) is 0 Å². The Morgan fingerprint density at radius 3 is 2.96 bits per heavy atom. The smallest absolute Gasteiger partial charge is 0.292 e. The molecule has 2 N–H and O–H groups in total. The molecule has 24 heavy (non-hydrogen) atoms. The van der Waals surface area contributed by atoms with Crippen LogP contribution in [0.1, 0.15) is 43.4 Å². The van der Waals surface area contributed by atoms with Crippen molar-refractivity contribution in [1.29, 1.82) is 0 Å². The van der Waals surface area contributed by atoms with Gasteiger partial charge < -0.3 is 10.4 Å². The Morgan fingerprint density at radius 2 is 2.29 bits per heavy atom. The van der Waals surface area contributed by atoms with Crippen LogP contribution in [0.4, 0.5) is 11.4 Å². The van der Waals surface area contributed by atoms with Gasteiger partial charge in [0.2, 0.25) is 0 Å². The van der Waals surface area contributed by atoms with E-state index in [2.05, 4.69) is 29.2 Å². The summed E-state index contributed by atoms with van der Waals surface area (Å²) in [5, 5.41) is 28.2. The third-order valence-corrected chi connectivity index (χ3v) is 4.19. The number of benzene rings is 1. The largest absolute Gasteiger partial charge is 0.392 e. The van der Waals surface area contributed by atoms with Crippen molar-refractivity contribution in [3.63, 3.8) is 0 Å². The predicted octanol–water partition coefficient (Wildman–Crippen LogP) is 2.23. The van der Waals surface area contributed by atoms with Crippen molar-refractivity contribution in [2.45, 2.75) is 51.8 Å². The number of nitrogens with one attached hydrogen (secondary N) is 1. The van der Waals surface area contributed by atoms with Gasteiger partial charge in [0.15, 0.2) is 5.82 Å². The minimum absolute atomic E-state index is 0.0134. The van der Waals surface area contributed by atoms with Gasteiger partial charge in [0.05, 0.1) is 18.1 Å². The van der Waals surface area contributed by atoms with Crippen LogP contribution in [0.2, 0.25) is 0 Å². The number of rotatable bonds is 5. The van der Waals surface area contributed by atoms with E-state index in [4.69, 9.17) is 0 Å². The standard InChI is InChI=1S/C16H21N5O3/c1-10(2)16-18-15-6-4-12(8-20(15)19-16)17-13-7-11(9-22)3-5-14(13)21(23)24/h3,5,7,10,12,17,22H,4,6,8-9H2,1-2H3. The number of aliphatic hydroxyl groups excluding tert-OH is 1. The van der Waals surface area contributed by atoms with E-state index in [9.17, 15) is 15.2 Å². The normalized spacial score (nSPS) is 16.9. The van der Waals surface area contributed by atoms with Gasteiger partial charge in [-0.1, -0.05) is 13.8 Å². The molecule has 128 valence electrons. The van der Waals surface area contributed by atoms with E-state index < -0.39 is 4.92 Å². The molecule has 1 aliphatic rings. The number of nitro benzene ring substituents is 1. The highest BCUT2D eigenvalue weighted by molar-refractivity contribution is 5.63. The maximum Gasteiger partial charge on any atom is 0.292 e. The van der Waals surface area contributed by atoms with Crippen LogP contribution >= 0.6 is 0 Å². The maximum atomic E-state index is 11.2. The number of hydrogen-bond donors (Lipinski definition) is 2. The summed E-state index contributed by atoms with van der Waals surface area (Å²) in [5.41, 5.74) is 1.09. The Labute approximate surface area is 139 Å². The molecule has 1 atom stereocenters. The number of aliphatic hydroxyl groups is 1. The summed E-state index contributed by atoms with van der Waals surface area (Å²) in [7, 11) is 0. The summed E-state index contributed by atoms with van der Waals surface area (Å²) >= 11 is 0. The van der Waals surface area contributed by atoms with E-state index in [0.29, 0.717) is 17.8 Å². The molecule has 0 radical (unpaired) electrons. The number of nitrogens with zero attached hydrogens (tertiary/aromatic N) is 4. The molecule has 0 bridgehead atoms. The van der Waals surface area contributed by atoms with Crippen molar-refractivity contribution in [1.82, 2.24) is 14.8 Å². The van der Waals surface area contributed by atoms with Crippen molar-refractivity contribution in [2.75, 3.05) is 5.32 Å². The zero-order valence-corrected chi connectivity index (χ0v) is 13.8. The van der Waals surface area contributed by atoms with E-state index in [1.807, 2.05) is 4.68 Å². The minimum Gasteiger partial charge on any atom is -0.392 e. The average Bonchev–Trinajstić information content (AvgIpc) is 2.98. The molecular weight excluding hydrogens is 310 g/mol. The topological polar surface area (TPSA) is 106 Å². The molecule has 1 aromatic carbocycles. The second-order valence-corrected chi connectivity index (χ2v) is 6.37. The first kappa shape index (κ1) is 16.4. The fraction of sp³-hybridized carbons (Fsp3) is 0.500. The van der Waals surface area contributed by atoms with Gasteiger partial charge in [-0.3, -0.25) is 10.1 Å². The summed E-state index contributed by atoms with van der Waals surface area (Å²) in [5.74, 6) is 2.08. The summed E-state index contributed by atoms with van der Waals surface area (Å²) < 4.78 is 1.89. The molecule has 2 heterocycles. The maximum absolute atomic E-state index is 11.2. The predicted molar refractivity (Wildman–Crippen MR) is 88.9 cm³/mol. The van der Waals surface area contributed by atoms with Crippen LogP contribution in [0.25, 0.3) is 0 Å². The Morgan fingerprint density at radius 1 is 1.50 bits per heavy atom. The zero-order chi connectivity index (χ0) is 17.3. The van der Waals surface area contributed by atoms with Gasteiger partial charge >= 0.3 is 0 Å². The second-order valence-electron chi connectivity index (χ2n) is 6.37. The van der Waals surface area contributed by atoms with E-state index >= 15 is 0 Å². The highest BCUT2D eigenvalue weighted by atomic mass is 16.6. The number of aromatic nitrogens is 3.